The van der Waals surface area contributed by atoms with Gasteiger partial charge in [0.1, 0.15) is 0 Å². The molecular weight excluding hydrogens is 320 g/mol. The minimum Gasteiger partial charge on any atom is -0.501 e. The number of aliphatic imine (C=N–C) groups is 1. The third kappa shape index (κ3) is 3.59. The van der Waals surface area contributed by atoms with Crippen LogP contribution in [0.3, 0.4) is 0 Å². The molecule has 3 saturated carbocycles. The minimum absolute atomic E-state index is 0.446. The zero-order valence-corrected chi connectivity index (χ0v) is 15.5. The molecule has 3 fully saturated rings. The average molecular weight is 347 g/mol. The van der Waals surface area contributed by atoms with E-state index in [0.717, 1.165) is 18.0 Å². The molecule has 1 aromatic rings. The smallest absolute Gasteiger partial charge is 0.0930 e. The second-order valence-corrected chi connectivity index (χ2v) is 8.04. The number of aromatic amines is 1. The van der Waals surface area contributed by atoms with Crippen LogP contribution in [0.2, 0.25) is 0 Å². The van der Waals surface area contributed by atoms with Crippen LogP contribution in [0.1, 0.15) is 31.9 Å². The first-order valence-electron chi connectivity index (χ1n) is 8.33. The van der Waals surface area contributed by atoms with Crippen molar-refractivity contribution >= 4 is 23.9 Å². The van der Waals surface area contributed by atoms with E-state index in [-0.39, 0.29) is 0 Å². The number of H-pyrrole nitrogens is 1. The Bertz CT molecular complexity index is 616. The van der Waals surface area contributed by atoms with Gasteiger partial charge in [-0.2, -0.15) is 5.10 Å². The lowest BCUT2D eigenvalue weighted by molar-refractivity contribution is -0.225. The second kappa shape index (κ2) is 7.15. The summed E-state index contributed by atoms with van der Waals surface area (Å²) < 4.78 is 8.13. The van der Waals surface area contributed by atoms with Crippen LogP contribution in [-0.4, -0.2) is 47.2 Å². The van der Waals surface area contributed by atoms with Crippen LogP contribution in [0.15, 0.2) is 35.7 Å². The molecule has 0 radical (unpaired) electrons. The maximum atomic E-state index is 5.78. The third-order valence-electron chi connectivity index (χ3n) is 4.98. The van der Waals surface area contributed by atoms with Crippen molar-refractivity contribution in [3.8, 4) is 0 Å². The van der Waals surface area contributed by atoms with E-state index in [0.29, 0.717) is 10.8 Å². The number of hydrogen-bond acceptors (Lipinski definition) is 5. The number of ether oxygens (including phenoxy) is 1. The van der Waals surface area contributed by atoms with Gasteiger partial charge in [-0.25, -0.2) is 0 Å². The summed E-state index contributed by atoms with van der Waals surface area (Å²) in [6, 6.07) is 1.90. The quantitative estimate of drug-likeness (QED) is 0.320. The lowest BCUT2D eigenvalue weighted by Crippen LogP contribution is -2.66. The summed E-state index contributed by atoms with van der Waals surface area (Å²) in [5.41, 5.74) is 2.77. The maximum absolute atomic E-state index is 5.78. The molecule has 0 unspecified atom stereocenters. The Morgan fingerprint density at radius 3 is 2.88 bits per heavy atom. The fourth-order valence-electron chi connectivity index (χ4n) is 4.24. The lowest BCUT2D eigenvalue weighted by Gasteiger charge is -2.71. The monoisotopic (exact) mass is 346 g/mol. The molecule has 0 atom stereocenters. The van der Waals surface area contributed by atoms with Crippen molar-refractivity contribution in [3.63, 3.8) is 0 Å². The molecule has 0 amide bonds. The van der Waals surface area contributed by atoms with Gasteiger partial charge in [-0.1, -0.05) is 11.9 Å². The van der Waals surface area contributed by atoms with Crippen LogP contribution in [-0.2, 0) is 4.74 Å². The summed E-state index contributed by atoms with van der Waals surface area (Å²) in [6.45, 7) is 3.94. The third-order valence-corrected chi connectivity index (χ3v) is 5.74. The number of rotatable bonds is 9. The molecule has 1 N–H and O–H groups in total. The molecule has 3 aliphatic carbocycles. The summed E-state index contributed by atoms with van der Waals surface area (Å²) in [7, 11) is 2.18. The van der Waals surface area contributed by atoms with Crippen molar-refractivity contribution in [2.24, 2.45) is 15.8 Å². The van der Waals surface area contributed by atoms with E-state index >= 15 is 0 Å². The lowest BCUT2D eigenvalue weighted by atomic mass is 9.35. The van der Waals surface area contributed by atoms with E-state index in [1.54, 1.807) is 18.7 Å². The van der Waals surface area contributed by atoms with Gasteiger partial charge < -0.3 is 4.74 Å². The standard InChI is InChI=1S/C18H26N4OS/c1-4-19-15(16-7-8-20-21-16)6-5-9-23-14-18-10-17(11-18,12-18)13-22(2)24-3/h4-9H,10-14H2,1-3H3,(H,20,21)/b9-5+,15-6-,19-4?. The van der Waals surface area contributed by atoms with Crippen molar-refractivity contribution in [1.82, 2.24) is 14.5 Å². The normalized spacial score (nSPS) is 29.2. The van der Waals surface area contributed by atoms with Crippen molar-refractivity contribution in [3.05, 3.63) is 36.4 Å². The Morgan fingerprint density at radius 2 is 2.25 bits per heavy atom. The first-order chi connectivity index (χ1) is 11.6. The Morgan fingerprint density at radius 1 is 1.46 bits per heavy atom. The van der Waals surface area contributed by atoms with Crippen LogP contribution >= 0.6 is 11.9 Å². The van der Waals surface area contributed by atoms with Gasteiger partial charge in [0, 0.05) is 24.4 Å². The van der Waals surface area contributed by atoms with E-state index in [9.17, 15) is 0 Å². The van der Waals surface area contributed by atoms with Crippen LogP contribution < -0.4 is 0 Å². The van der Waals surface area contributed by atoms with Crippen molar-refractivity contribution in [2.45, 2.75) is 26.2 Å². The molecule has 0 aromatic carbocycles. The van der Waals surface area contributed by atoms with E-state index in [1.165, 1.54) is 25.8 Å². The summed E-state index contributed by atoms with van der Waals surface area (Å²) >= 11 is 1.82. The molecule has 3 aliphatic rings. The molecule has 0 saturated heterocycles. The number of hydrogen-bond donors (Lipinski definition) is 1. The first-order valence-corrected chi connectivity index (χ1v) is 9.51. The van der Waals surface area contributed by atoms with E-state index in [2.05, 4.69) is 32.8 Å². The summed E-state index contributed by atoms with van der Waals surface area (Å²) in [4.78, 5) is 4.34. The Hall–Kier alpha value is -1.53. The van der Waals surface area contributed by atoms with Crippen LogP contribution in [0.25, 0.3) is 5.70 Å². The number of nitrogens with zero attached hydrogens (tertiary/aromatic N) is 3. The van der Waals surface area contributed by atoms with Gasteiger partial charge in [-0.05, 0) is 63.1 Å². The SMILES string of the molecule is CC=N/C(=C\C=C\OCC12CC(CN(C)SC)(C1)C2)c1ccn[nH]1. The Labute approximate surface area is 148 Å². The summed E-state index contributed by atoms with van der Waals surface area (Å²) in [5, 5.41) is 6.88. The fraction of sp³-hybridized carbons (Fsp3) is 0.556. The van der Waals surface area contributed by atoms with Crippen LogP contribution in [0, 0.1) is 10.8 Å². The zero-order valence-electron chi connectivity index (χ0n) is 14.7. The predicted octanol–water partition coefficient (Wildman–Crippen LogP) is 3.75. The van der Waals surface area contributed by atoms with Gasteiger partial charge in [-0.15, -0.1) is 0 Å². The fourth-order valence-corrected chi connectivity index (χ4v) is 4.64. The van der Waals surface area contributed by atoms with Crippen molar-refractivity contribution < 1.29 is 4.74 Å². The number of nitrogens with one attached hydrogen (secondary N) is 1. The van der Waals surface area contributed by atoms with E-state index in [4.69, 9.17) is 4.74 Å². The molecule has 2 bridgehead atoms. The molecule has 5 nitrogen and oxygen atoms in total. The molecular formula is C18H26N4OS. The highest BCUT2D eigenvalue weighted by Crippen LogP contribution is 2.73. The van der Waals surface area contributed by atoms with Crippen molar-refractivity contribution in [1.29, 1.82) is 0 Å². The molecule has 4 rings (SSSR count). The highest BCUT2D eigenvalue weighted by Gasteiger charge is 2.67. The van der Waals surface area contributed by atoms with Crippen LogP contribution in [0.5, 0.6) is 0 Å². The zero-order chi connectivity index (χ0) is 17.0. The van der Waals surface area contributed by atoms with Gasteiger partial charge in [0.05, 0.1) is 24.3 Å². The minimum atomic E-state index is 0.446. The van der Waals surface area contributed by atoms with Crippen LogP contribution in [0.4, 0.5) is 0 Å². The summed E-state index contributed by atoms with van der Waals surface area (Å²) in [6.07, 6.45) is 15.2. The van der Waals surface area contributed by atoms with Gasteiger partial charge >= 0.3 is 0 Å². The first kappa shape index (κ1) is 17.3. The molecule has 1 aromatic heterocycles. The number of allylic oxidation sites excluding steroid dienone is 2. The molecule has 24 heavy (non-hydrogen) atoms. The maximum Gasteiger partial charge on any atom is 0.0930 e. The Kier molecular flexibility index (Phi) is 5.15. The molecule has 0 aliphatic heterocycles. The molecule has 1 heterocycles. The van der Waals surface area contributed by atoms with Gasteiger partial charge in [0.25, 0.3) is 0 Å². The average Bonchev–Trinajstić information content (AvgIpc) is 3.03. The molecule has 0 spiro atoms. The largest absolute Gasteiger partial charge is 0.501 e. The summed E-state index contributed by atoms with van der Waals surface area (Å²) in [5.74, 6) is 0. The predicted molar refractivity (Wildman–Crippen MR) is 101 cm³/mol. The van der Waals surface area contributed by atoms with Gasteiger partial charge in [0.15, 0.2) is 0 Å². The molecule has 6 heteroatoms. The van der Waals surface area contributed by atoms with Crippen molar-refractivity contribution in [2.75, 3.05) is 26.5 Å². The van der Waals surface area contributed by atoms with Gasteiger partial charge in [-0.3, -0.25) is 14.4 Å². The Balaban J connectivity index is 1.43. The highest BCUT2D eigenvalue weighted by molar-refractivity contribution is 7.96. The van der Waals surface area contributed by atoms with Gasteiger partial charge in [0.2, 0.25) is 0 Å². The topological polar surface area (TPSA) is 53.5 Å². The second-order valence-electron chi connectivity index (χ2n) is 7.05. The number of aromatic nitrogens is 2. The highest BCUT2D eigenvalue weighted by atomic mass is 32.2. The van der Waals surface area contributed by atoms with E-state index in [1.807, 2.05) is 37.1 Å². The van der Waals surface area contributed by atoms with E-state index < -0.39 is 0 Å². The molecule has 130 valence electrons.